The fraction of sp³-hybridized carbons (Fsp3) is 0.524. The van der Waals surface area contributed by atoms with Crippen molar-refractivity contribution in [2.75, 3.05) is 26.3 Å². The van der Waals surface area contributed by atoms with Gasteiger partial charge in [0.25, 0.3) is 0 Å². The molecule has 138 valence electrons. The summed E-state index contributed by atoms with van der Waals surface area (Å²) >= 11 is 0. The van der Waals surface area contributed by atoms with Crippen molar-refractivity contribution in [3.8, 4) is 5.88 Å². The van der Waals surface area contributed by atoms with Gasteiger partial charge in [-0.25, -0.2) is 4.98 Å². The maximum absolute atomic E-state index is 6.29. The van der Waals surface area contributed by atoms with E-state index >= 15 is 0 Å². The summed E-state index contributed by atoms with van der Waals surface area (Å²) in [5.74, 6) is 1.30. The average Bonchev–Trinajstić information content (AvgIpc) is 3.08. The Bertz CT molecular complexity index is 672. The summed E-state index contributed by atoms with van der Waals surface area (Å²) in [5.41, 5.74) is 1.34. The predicted octanol–water partition coefficient (Wildman–Crippen LogP) is 3.32. The summed E-state index contributed by atoms with van der Waals surface area (Å²) in [5, 5.41) is 0. The van der Waals surface area contributed by atoms with Crippen molar-refractivity contribution < 1.29 is 9.47 Å². The van der Waals surface area contributed by atoms with E-state index in [1.807, 2.05) is 36.7 Å². The Hall–Kier alpha value is -1.98. The Morgan fingerprint density at radius 2 is 2.08 bits per heavy atom. The standard InChI is InChI=1S/C21H27N3O2/c1-2-11-23-20(5-1)25-14-6-19-7-15-26-21(19)8-12-24(13-9-21)17-18-4-3-10-22-16-18/h1-5,10-11,16,19H,6-9,12-15,17H2. The van der Waals surface area contributed by atoms with Crippen molar-refractivity contribution in [2.24, 2.45) is 5.92 Å². The Morgan fingerprint density at radius 1 is 1.15 bits per heavy atom. The van der Waals surface area contributed by atoms with Gasteiger partial charge in [0.2, 0.25) is 5.88 Å². The second-order valence-corrected chi connectivity index (χ2v) is 7.34. The Labute approximate surface area is 155 Å². The first-order valence-corrected chi connectivity index (χ1v) is 9.63. The molecule has 0 aliphatic carbocycles. The van der Waals surface area contributed by atoms with Crippen molar-refractivity contribution in [3.63, 3.8) is 0 Å². The summed E-state index contributed by atoms with van der Waals surface area (Å²) in [7, 11) is 0. The molecule has 0 saturated carbocycles. The molecule has 4 heterocycles. The van der Waals surface area contributed by atoms with Gasteiger partial charge in [-0.1, -0.05) is 12.1 Å². The molecule has 26 heavy (non-hydrogen) atoms. The lowest BCUT2D eigenvalue weighted by Crippen LogP contribution is -2.47. The van der Waals surface area contributed by atoms with Gasteiger partial charge in [0.05, 0.1) is 12.2 Å². The highest BCUT2D eigenvalue weighted by Crippen LogP contribution is 2.42. The van der Waals surface area contributed by atoms with E-state index in [2.05, 4.69) is 20.9 Å². The highest BCUT2D eigenvalue weighted by molar-refractivity contribution is 5.10. The summed E-state index contributed by atoms with van der Waals surface area (Å²) < 4.78 is 12.1. The van der Waals surface area contributed by atoms with E-state index in [1.54, 1.807) is 6.20 Å². The quantitative estimate of drug-likeness (QED) is 0.797. The zero-order valence-corrected chi connectivity index (χ0v) is 15.2. The van der Waals surface area contributed by atoms with Gasteiger partial charge in [0.1, 0.15) is 0 Å². The van der Waals surface area contributed by atoms with Crippen LogP contribution in [0, 0.1) is 5.92 Å². The SMILES string of the molecule is c1ccc(OCCC2CCOC23CCN(Cc2cccnc2)CC3)nc1. The van der Waals surface area contributed by atoms with Crippen LogP contribution in [0.3, 0.4) is 0 Å². The molecule has 1 atom stereocenters. The van der Waals surface area contributed by atoms with Gasteiger partial charge in [-0.15, -0.1) is 0 Å². The van der Waals surface area contributed by atoms with Gasteiger partial charge in [-0.05, 0) is 49.3 Å². The molecule has 1 spiro atoms. The first-order valence-electron chi connectivity index (χ1n) is 9.63. The molecule has 0 N–H and O–H groups in total. The highest BCUT2D eigenvalue weighted by Gasteiger charge is 2.45. The number of ether oxygens (including phenoxy) is 2. The number of piperidine rings is 1. The highest BCUT2D eigenvalue weighted by atomic mass is 16.5. The Balaban J connectivity index is 1.28. The molecule has 2 aliphatic heterocycles. The van der Waals surface area contributed by atoms with Crippen LogP contribution in [0.25, 0.3) is 0 Å². The lowest BCUT2D eigenvalue weighted by atomic mass is 9.78. The molecule has 4 rings (SSSR count). The van der Waals surface area contributed by atoms with E-state index in [0.29, 0.717) is 18.4 Å². The molecule has 1 unspecified atom stereocenters. The van der Waals surface area contributed by atoms with Gasteiger partial charge in [-0.3, -0.25) is 9.88 Å². The molecule has 0 aromatic carbocycles. The molecule has 2 saturated heterocycles. The average molecular weight is 353 g/mol. The molecule has 2 aliphatic rings. The van der Waals surface area contributed by atoms with Gasteiger partial charge in [0.15, 0.2) is 0 Å². The topological polar surface area (TPSA) is 47.5 Å². The van der Waals surface area contributed by atoms with Crippen LogP contribution in [0.2, 0.25) is 0 Å². The molecule has 5 heteroatoms. The second-order valence-electron chi connectivity index (χ2n) is 7.34. The Morgan fingerprint density at radius 3 is 2.85 bits per heavy atom. The van der Waals surface area contributed by atoms with Crippen molar-refractivity contribution in [1.29, 1.82) is 0 Å². The predicted molar refractivity (Wildman–Crippen MR) is 99.9 cm³/mol. The third-order valence-corrected chi connectivity index (χ3v) is 5.79. The van der Waals surface area contributed by atoms with E-state index in [9.17, 15) is 0 Å². The number of hydrogen-bond donors (Lipinski definition) is 0. The van der Waals surface area contributed by atoms with Crippen LogP contribution in [0.5, 0.6) is 5.88 Å². The van der Waals surface area contributed by atoms with Crippen molar-refractivity contribution in [3.05, 3.63) is 54.5 Å². The molecule has 0 amide bonds. The lowest BCUT2D eigenvalue weighted by molar-refractivity contribution is -0.0709. The van der Waals surface area contributed by atoms with E-state index in [-0.39, 0.29) is 5.60 Å². The second kappa shape index (κ2) is 8.14. The molecule has 0 bridgehead atoms. The lowest BCUT2D eigenvalue weighted by Gasteiger charge is -2.42. The minimum atomic E-state index is 0.0545. The molecular formula is C21H27N3O2. The van der Waals surface area contributed by atoms with Crippen LogP contribution in [0.15, 0.2) is 48.9 Å². The maximum atomic E-state index is 6.29. The third-order valence-electron chi connectivity index (χ3n) is 5.79. The number of likely N-dealkylation sites (tertiary alicyclic amines) is 1. The van der Waals surface area contributed by atoms with E-state index in [4.69, 9.17) is 9.47 Å². The summed E-state index contributed by atoms with van der Waals surface area (Å²) in [4.78, 5) is 11.0. The minimum absolute atomic E-state index is 0.0545. The van der Waals surface area contributed by atoms with Crippen LogP contribution in [0.1, 0.15) is 31.2 Å². The van der Waals surface area contributed by atoms with Crippen LogP contribution in [0.4, 0.5) is 0 Å². The van der Waals surface area contributed by atoms with E-state index < -0.39 is 0 Å². The minimum Gasteiger partial charge on any atom is -0.478 e. The fourth-order valence-corrected chi connectivity index (χ4v) is 4.32. The summed E-state index contributed by atoms with van der Waals surface area (Å²) in [6, 6.07) is 9.95. The number of nitrogens with zero attached hydrogens (tertiary/aromatic N) is 3. The van der Waals surface area contributed by atoms with E-state index in [1.165, 1.54) is 5.56 Å². The number of hydrogen-bond acceptors (Lipinski definition) is 5. The maximum Gasteiger partial charge on any atom is 0.213 e. The fourth-order valence-electron chi connectivity index (χ4n) is 4.32. The first-order chi connectivity index (χ1) is 12.8. The molecule has 2 fully saturated rings. The van der Waals surface area contributed by atoms with Crippen LogP contribution < -0.4 is 4.74 Å². The molecular weight excluding hydrogens is 326 g/mol. The Kier molecular flexibility index (Phi) is 5.46. The third kappa shape index (κ3) is 4.05. The van der Waals surface area contributed by atoms with Gasteiger partial charge < -0.3 is 9.47 Å². The number of rotatable bonds is 6. The summed E-state index contributed by atoms with van der Waals surface area (Å²) in [6.07, 6.45) is 9.98. The van der Waals surface area contributed by atoms with Gasteiger partial charge in [-0.2, -0.15) is 0 Å². The largest absolute Gasteiger partial charge is 0.478 e. The first kappa shape index (κ1) is 17.4. The monoisotopic (exact) mass is 353 g/mol. The number of aromatic nitrogens is 2. The van der Waals surface area contributed by atoms with Crippen LogP contribution >= 0.6 is 0 Å². The van der Waals surface area contributed by atoms with Gasteiger partial charge in [0, 0.05) is 50.9 Å². The van der Waals surface area contributed by atoms with Crippen molar-refractivity contribution in [1.82, 2.24) is 14.9 Å². The van der Waals surface area contributed by atoms with Crippen LogP contribution in [-0.2, 0) is 11.3 Å². The summed E-state index contributed by atoms with van der Waals surface area (Å²) in [6.45, 7) is 4.76. The zero-order valence-electron chi connectivity index (χ0n) is 15.2. The normalized spacial score (nSPS) is 22.5. The van der Waals surface area contributed by atoms with Crippen molar-refractivity contribution in [2.45, 2.75) is 37.8 Å². The van der Waals surface area contributed by atoms with Crippen molar-refractivity contribution >= 4 is 0 Å². The van der Waals surface area contributed by atoms with Gasteiger partial charge >= 0.3 is 0 Å². The van der Waals surface area contributed by atoms with E-state index in [0.717, 1.165) is 51.9 Å². The number of pyridine rings is 2. The molecule has 0 radical (unpaired) electrons. The smallest absolute Gasteiger partial charge is 0.213 e. The molecule has 2 aromatic heterocycles. The molecule has 2 aromatic rings. The zero-order chi connectivity index (χ0) is 17.7. The van der Waals surface area contributed by atoms with Crippen LogP contribution in [-0.4, -0.2) is 46.8 Å². The molecule has 5 nitrogen and oxygen atoms in total.